The molecule has 6 heteroatoms. The SMILES string of the molecule is CCCNC(=O)Cc1c(C)c2c(OC)cc3c(c2oc1=O)CCC(C)(C)O3. The Kier molecular flexibility index (Phi) is 5.18. The maximum atomic E-state index is 12.6. The predicted octanol–water partition coefficient (Wildman–Crippen LogP) is 3.28. The molecule has 0 aliphatic carbocycles. The maximum Gasteiger partial charge on any atom is 0.340 e. The minimum absolute atomic E-state index is 0.00607. The quantitative estimate of drug-likeness (QED) is 0.814. The van der Waals surface area contributed by atoms with Crippen LogP contribution in [0.1, 0.15) is 50.3 Å². The minimum Gasteiger partial charge on any atom is -0.496 e. The number of methoxy groups -OCH3 is 1. The van der Waals surface area contributed by atoms with E-state index in [0.29, 0.717) is 29.2 Å². The zero-order chi connectivity index (χ0) is 19.8. The molecule has 0 atom stereocenters. The molecule has 1 aliphatic rings. The summed E-state index contributed by atoms with van der Waals surface area (Å²) in [5.74, 6) is 1.08. The van der Waals surface area contributed by atoms with Crippen molar-refractivity contribution in [2.45, 2.75) is 59.0 Å². The lowest BCUT2D eigenvalue weighted by Crippen LogP contribution is -2.33. The fourth-order valence-electron chi connectivity index (χ4n) is 3.53. The summed E-state index contributed by atoms with van der Waals surface area (Å²) in [5.41, 5.74) is 1.71. The molecule has 2 aromatic rings. The summed E-state index contributed by atoms with van der Waals surface area (Å²) in [5, 5.41) is 3.53. The van der Waals surface area contributed by atoms with E-state index in [4.69, 9.17) is 13.9 Å². The highest BCUT2D eigenvalue weighted by Gasteiger charge is 2.31. The van der Waals surface area contributed by atoms with Crippen LogP contribution in [0.2, 0.25) is 0 Å². The van der Waals surface area contributed by atoms with Gasteiger partial charge in [-0.15, -0.1) is 0 Å². The summed E-state index contributed by atoms with van der Waals surface area (Å²) in [6, 6.07) is 1.85. The van der Waals surface area contributed by atoms with Gasteiger partial charge in [0.25, 0.3) is 0 Å². The average molecular weight is 373 g/mol. The number of rotatable bonds is 5. The topological polar surface area (TPSA) is 77.8 Å². The Morgan fingerprint density at radius 2 is 2.11 bits per heavy atom. The van der Waals surface area contributed by atoms with Gasteiger partial charge in [-0.1, -0.05) is 6.92 Å². The third kappa shape index (κ3) is 3.66. The number of benzene rings is 1. The van der Waals surface area contributed by atoms with Crippen LogP contribution in [0.3, 0.4) is 0 Å². The van der Waals surface area contributed by atoms with E-state index < -0.39 is 5.63 Å². The van der Waals surface area contributed by atoms with E-state index in [1.54, 1.807) is 7.11 Å². The largest absolute Gasteiger partial charge is 0.496 e. The van der Waals surface area contributed by atoms with Gasteiger partial charge in [0, 0.05) is 18.2 Å². The summed E-state index contributed by atoms with van der Waals surface area (Å²) in [6.45, 7) is 8.47. The Balaban J connectivity index is 2.16. The smallest absolute Gasteiger partial charge is 0.340 e. The van der Waals surface area contributed by atoms with Crippen molar-refractivity contribution in [1.82, 2.24) is 5.32 Å². The first-order valence-corrected chi connectivity index (χ1v) is 9.39. The van der Waals surface area contributed by atoms with E-state index in [-0.39, 0.29) is 17.9 Å². The molecule has 0 spiro atoms. The molecule has 3 rings (SSSR count). The monoisotopic (exact) mass is 373 g/mol. The fraction of sp³-hybridized carbons (Fsp3) is 0.524. The lowest BCUT2D eigenvalue weighted by atomic mass is 9.91. The number of fused-ring (bicyclic) bond motifs is 3. The number of ether oxygens (including phenoxy) is 2. The van der Waals surface area contributed by atoms with Crippen molar-refractivity contribution < 1.29 is 18.7 Å². The fourth-order valence-corrected chi connectivity index (χ4v) is 3.53. The van der Waals surface area contributed by atoms with Gasteiger partial charge in [-0.25, -0.2) is 4.79 Å². The Bertz CT molecular complexity index is 942. The van der Waals surface area contributed by atoms with Crippen LogP contribution in [0.25, 0.3) is 11.0 Å². The molecule has 146 valence electrons. The molecule has 6 nitrogen and oxygen atoms in total. The van der Waals surface area contributed by atoms with Gasteiger partial charge in [-0.05, 0) is 45.6 Å². The zero-order valence-corrected chi connectivity index (χ0v) is 16.7. The third-order valence-electron chi connectivity index (χ3n) is 5.07. The van der Waals surface area contributed by atoms with Crippen molar-refractivity contribution in [2.24, 2.45) is 0 Å². The van der Waals surface area contributed by atoms with Gasteiger partial charge >= 0.3 is 5.63 Å². The normalized spacial score (nSPS) is 15.1. The summed E-state index contributed by atoms with van der Waals surface area (Å²) < 4.78 is 17.3. The molecule has 2 heterocycles. The minimum atomic E-state index is -0.480. The highest BCUT2D eigenvalue weighted by Crippen LogP contribution is 2.43. The lowest BCUT2D eigenvalue weighted by molar-refractivity contribution is -0.120. The Labute approximate surface area is 158 Å². The van der Waals surface area contributed by atoms with Gasteiger partial charge in [0.1, 0.15) is 22.7 Å². The summed E-state index contributed by atoms with van der Waals surface area (Å²) >= 11 is 0. The van der Waals surface area contributed by atoms with Crippen LogP contribution in [0.15, 0.2) is 15.3 Å². The second kappa shape index (κ2) is 7.25. The second-order valence-corrected chi connectivity index (χ2v) is 7.64. The van der Waals surface area contributed by atoms with Crippen LogP contribution in [0.5, 0.6) is 11.5 Å². The van der Waals surface area contributed by atoms with Crippen molar-refractivity contribution in [3.05, 3.63) is 33.2 Å². The van der Waals surface area contributed by atoms with Crippen LogP contribution in [-0.2, 0) is 17.6 Å². The molecule has 0 unspecified atom stereocenters. The van der Waals surface area contributed by atoms with E-state index >= 15 is 0 Å². The maximum absolute atomic E-state index is 12.6. The van der Waals surface area contributed by atoms with Crippen LogP contribution in [-0.4, -0.2) is 25.2 Å². The molecule has 27 heavy (non-hydrogen) atoms. The first kappa shape index (κ1) is 19.3. The highest BCUT2D eigenvalue weighted by molar-refractivity contribution is 5.93. The van der Waals surface area contributed by atoms with Gasteiger partial charge in [0.05, 0.1) is 24.5 Å². The van der Waals surface area contributed by atoms with Crippen molar-refractivity contribution in [3.8, 4) is 11.5 Å². The van der Waals surface area contributed by atoms with Gasteiger partial charge in [0.15, 0.2) is 0 Å². The number of nitrogens with one attached hydrogen (secondary N) is 1. The van der Waals surface area contributed by atoms with E-state index in [9.17, 15) is 9.59 Å². The molecule has 1 amide bonds. The van der Waals surface area contributed by atoms with Crippen LogP contribution in [0.4, 0.5) is 0 Å². The first-order valence-electron chi connectivity index (χ1n) is 9.39. The standard InChI is InChI=1S/C21H27NO5/c1-6-9-22-17(23)10-14-12(2)18-16(25-5)11-15-13(19(18)26-20(14)24)7-8-21(3,4)27-15/h11H,6-10H2,1-5H3,(H,22,23). The molecule has 1 N–H and O–H groups in total. The van der Waals surface area contributed by atoms with Gasteiger partial charge in [0.2, 0.25) is 5.91 Å². The molecule has 1 aliphatic heterocycles. The van der Waals surface area contributed by atoms with E-state index in [0.717, 1.165) is 35.8 Å². The number of carbonyl (C=O) groups is 1. The van der Waals surface area contributed by atoms with Crippen molar-refractivity contribution in [3.63, 3.8) is 0 Å². The predicted molar refractivity (Wildman–Crippen MR) is 104 cm³/mol. The molecule has 0 bridgehead atoms. The highest BCUT2D eigenvalue weighted by atomic mass is 16.5. The molecule has 1 aromatic heterocycles. The summed E-state index contributed by atoms with van der Waals surface area (Å²) in [6.07, 6.45) is 2.41. The van der Waals surface area contributed by atoms with Crippen molar-refractivity contribution in [1.29, 1.82) is 0 Å². The average Bonchev–Trinajstić information content (AvgIpc) is 2.61. The molecule has 0 saturated heterocycles. The Morgan fingerprint density at radius 1 is 1.37 bits per heavy atom. The van der Waals surface area contributed by atoms with E-state index in [1.165, 1.54) is 0 Å². The first-order chi connectivity index (χ1) is 12.8. The van der Waals surface area contributed by atoms with Crippen LogP contribution >= 0.6 is 0 Å². The van der Waals surface area contributed by atoms with E-state index in [1.807, 2.05) is 33.8 Å². The summed E-state index contributed by atoms with van der Waals surface area (Å²) in [4.78, 5) is 24.8. The van der Waals surface area contributed by atoms with Crippen molar-refractivity contribution >= 4 is 16.9 Å². The lowest BCUT2D eigenvalue weighted by Gasteiger charge is -2.33. The van der Waals surface area contributed by atoms with E-state index in [2.05, 4.69) is 5.32 Å². The van der Waals surface area contributed by atoms with Crippen molar-refractivity contribution in [2.75, 3.05) is 13.7 Å². The number of aryl methyl sites for hydroxylation is 2. The van der Waals surface area contributed by atoms with Gasteiger partial charge in [-0.2, -0.15) is 0 Å². The number of amides is 1. The molecular weight excluding hydrogens is 346 g/mol. The Morgan fingerprint density at radius 3 is 2.78 bits per heavy atom. The zero-order valence-electron chi connectivity index (χ0n) is 16.7. The summed E-state index contributed by atoms with van der Waals surface area (Å²) in [7, 11) is 1.58. The second-order valence-electron chi connectivity index (χ2n) is 7.64. The Hall–Kier alpha value is -2.50. The molecule has 0 saturated carbocycles. The number of carbonyl (C=O) groups excluding carboxylic acids is 1. The van der Waals surface area contributed by atoms with Gasteiger partial charge < -0.3 is 19.2 Å². The molecular formula is C21H27NO5. The molecule has 1 aromatic carbocycles. The van der Waals surface area contributed by atoms with Crippen LogP contribution in [0, 0.1) is 6.92 Å². The van der Waals surface area contributed by atoms with Crippen LogP contribution < -0.4 is 20.4 Å². The van der Waals surface area contributed by atoms with Gasteiger partial charge in [-0.3, -0.25) is 4.79 Å². The number of hydrogen-bond donors (Lipinski definition) is 1. The molecule has 0 fully saturated rings. The third-order valence-corrected chi connectivity index (χ3v) is 5.07. The molecule has 0 radical (unpaired) electrons. The number of hydrogen-bond acceptors (Lipinski definition) is 5.